The number of fused-ring (bicyclic) bond motifs is 2. The Kier molecular flexibility index (Phi) is 6.62. The Morgan fingerprint density at radius 3 is 2.65 bits per heavy atom. The maximum absolute atomic E-state index is 13.5. The van der Waals surface area contributed by atoms with Crippen molar-refractivity contribution in [1.82, 2.24) is 15.1 Å². The zero-order valence-corrected chi connectivity index (χ0v) is 18.3. The second kappa shape index (κ2) is 9.40. The molecule has 0 spiro atoms. The van der Waals surface area contributed by atoms with Crippen molar-refractivity contribution < 1.29 is 14.4 Å². The Balaban J connectivity index is 1.44. The average Bonchev–Trinajstić information content (AvgIpc) is 3.57. The lowest BCUT2D eigenvalue weighted by Gasteiger charge is -2.43. The lowest BCUT2D eigenvalue weighted by molar-refractivity contribution is -0.134. The molecule has 2 unspecified atom stereocenters. The van der Waals surface area contributed by atoms with E-state index in [9.17, 15) is 14.4 Å². The number of nitrogens with one attached hydrogen (secondary N) is 1. The number of rotatable bonds is 8. The summed E-state index contributed by atoms with van der Waals surface area (Å²) in [6, 6.07) is 7.85. The van der Waals surface area contributed by atoms with Crippen LogP contribution in [0.3, 0.4) is 0 Å². The van der Waals surface area contributed by atoms with Crippen LogP contribution in [0.2, 0.25) is 5.02 Å². The Hall–Kier alpha value is -2.38. The molecular weight excluding hydrogens is 416 g/mol. The van der Waals surface area contributed by atoms with Crippen molar-refractivity contribution in [2.75, 3.05) is 13.1 Å². The Labute approximate surface area is 187 Å². The van der Waals surface area contributed by atoms with E-state index in [0.717, 1.165) is 24.0 Å². The van der Waals surface area contributed by atoms with Gasteiger partial charge >= 0.3 is 0 Å². The summed E-state index contributed by atoms with van der Waals surface area (Å²) in [6.07, 6.45) is 5.76. The third kappa shape index (κ3) is 5.28. The topological polar surface area (TPSA) is 95.7 Å². The molecule has 3 amide bonds. The first-order chi connectivity index (χ1) is 14.9. The van der Waals surface area contributed by atoms with E-state index in [1.54, 1.807) is 0 Å². The van der Waals surface area contributed by atoms with Gasteiger partial charge in [0.1, 0.15) is 0 Å². The zero-order chi connectivity index (χ0) is 22.0. The van der Waals surface area contributed by atoms with E-state index >= 15 is 0 Å². The molecule has 31 heavy (non-hydrogen) atoms. The fourth-order valence-electron chi connectivity index (χ4n) is 4.43. The second-order valence-corrected chi connectivity index (χ2v) is 9.09. The monoisotopic (exact) mass is 444 g/mol. The summed E-state index contributed by atoms with van der Waals surface area (Å²) in [5.74, 6) is -0.345. The molecule has 1 saturated carbocycles. The summed E-state index contributed by atoms with van der Waals surface area (Å²) in [5, 5.41) is 4.19. The number of benzene rings is 1. The first-order valence-electron chi connectivity index (χ1n) is 11.0. The van der Waals surface area contributed by atoms with Crippen LogP contribution in [0.15, 0.2) is 35.9 Å². The number of carbonyl (C=O) groups is 3. The fraction of sp³-hybridized carbons (Fsp3) is 0.522. The number of nitrogens with zero attached hydrogens (tertiary/aromatic N) is 2. The maximum atomic E-state index is 13.5. The van der Waals surface area contributed by atoms with E-state index in [0.29, 0.717) is 43.9 Å². The third-order valence-electron chi connectivity index (χ3n) is 6.24. The summed E-state index contributed by atoms with van der Waals surface area (Å²) in [6.45, 7) is 1.58. The van der Waals surface area contributed by atoms with E-state index in [2.05, 4.69) is 5.32 Å². The first kappa shape index (κ1) is 21.8. The molecular formula is C23H29ClN4O3. The summed E-state index contributed by atoms with van der Waals surface area (Å²) in [5.41, 5.74) is 6.86. The highest BCUT2D eigenvalue weighted by molar-refractivity contribution is 6.31. The predicted molar refractivity (Wildman–Crippen MR) is 118 cm³/mol. The number of hydrogen-bond acceptors (Lipinski definition) is 4. The van der Waals surface area contributed by atoms with E-state index < -0.39 is 0 Å². The van der Waals surface area contributed by atoms with Gasteiger partial charge in [-0.25, -0.2) is 0 Å². The molecule has 2 fully saturated rings. The van der Waals surface area contributed by atoms with Gasteiger partial charge in [0, 0.05) is 55.2 Å². The minimum atomic E-state index is -0.389. The van der Waals surface area contributed by atoms with E-state index in [1.165, 1.54) is 0 Å². The SMILES string of the molecule is NC(=O)CCCC(=O)N1CC2CC=C(C(=O)N(Cc3ccccc3Cl)C3CC3)C(C1)N2. The first-order valence-corrected chi connectivity index (χ1v) is 11.4. The van der Waals surface area contributed by atoms with E-state index in [-0.39, 0.29) is 42.3 Å². The van der Waals surface area contributed by atoms with Crippen molar-refractivity contribution in [1.29, 1.82) is 0 Å². The van der Waals surface area contributed by atoms with Gasteiger partial charge in [0.05, 0.1) is 6.04 Å². The van der Waals surface area contributed by atoms with Gasteiger partial charge in [0.15, 0.2) is 0 Å². The summed E-state index contributed by atoms with van der Waals surface area (Å²) in [7, 11) is 0. The quantitative estimate of drug-likeness (QED) is 0.640. The van der Waals surface area contributed by atoms with E-state index in [1.807, 2.05) is 40.1 Å². The number of hydrogen-bond donors (Lipinski definition) is 2. The molecule has 1 aliphatic carbocycles. The highest BCUT2D eigenvalue weighted by Crippen LogP contribution is 2.33. The van der Waals surface area contributed by atoms with Gasteiger partial charge in [-0.2, -0.15) is 0 Å². The molecule has 2 heterocycles. The van der Waals surface area contributed by atoms with Crippen molar-refractivity contribution in [2.24, 2.45) is 5.73 Å². The van der Waals surface area contributed by atoms with Gasteiger partial charge in [0.2, 0.25) is 11.8 Å². The van der Waals surface area contributed by atoms with Crippen LogP contribution in [0.4, 0.5) is 0 Å². The van der Waals surface area contributed by atoms with Crippen LogP contribution in [0, 0.1) is 0 Å². The fourth-order valence-corrected chi connectivity index (χ4v) is 4.63. The van der Waals surface area contributed by atoms with Crippen molar-refractivity contribution in [2.45, 2.75) is 63.2 Å². The smallest absolute Gasteiger partial charge is 0.251 e. The minimum Gasteiger partial charge on any atom is -0.370 e. The molecule has 2 atom stereocenters. The van der Waals surface area contributed by atoms with E-state index in [4.69, 9.17) is 17.3 Å². The highest BCUT2D eigenvalue weighted by Gasteiger charge is 2.40. The van der Waals surface area contributed by atoms with Gasteiger partial charge in [-0.3, -0.25) is 14.4 Å². The molecule has 3 N–H and O–H groups in total. The number of carbonyl (C=O) groups excluding carboxylic acids is 3. The molecule has 1 aromatic carbocycles. The highest BCUT2D eigenvalue weighted by atomic mass is 35.5. The molecule has 1 saturated heterocycles. The van der Waals surface area contributed by atoms with Crippen LogP contribution in [-0.2, 0) is 20.9 Å². The van der Waals surface area contributed by atoms with Crippen LogP contribution in [0.5, 0.6) is 0 Å². The molecule has 3 aliphatic rings. The molecule has 0 aromatic heterocycles. The second-order valence-electron chi connectivity index (χ2n) is 8.69. The van der Waals surface area contributed by atoms with Gasteiger partial charge in [-0.15, -0.1) is 0 Å². The number of nitrogens with two attached hydrogens (primary N) is 1. The standard InChI is InChI=1S/C23H29ClN4O3/c24-19-5-2-1-4-15(19)12-28(17-9-10-17)23(31)18-11-8-16-13-27(14-20(18)26-16)22(30)7-3-6-21(25)29/h1-2,4-5,11,16-17,20,26H,3,6-10,12-14H2,(H2,25,29). The number of amides is 3. The molecule has 166 valence electrons. The van der Waals surface area contributed by atoms with Gasteiger partial charge in [-0.05, 0) is 37.3 Å². The molecule has 2 aliphatic heterocycles. The molecule has 1 aromatic rings. The Morgan fingerprint density at radius 2 is 1.94 bits per heavy atom. The van der Waals surface area contributed by atoms with Gasteiger partial charge < -0.3 is 20.9 Å². The summed E-state index contributed by atoms with van der Waals surface area (Å²) < 4.78 is 0. The van der Waals surface area contributed by atoms with Crippen molar-refractivity contribution in [3.8, 4) is 0 Å². The summed E-state index contributed by atoms with van der Waals surface area (Å²) in [4.78, 5) is 40.9. The van der Waals surface area contributed by atoms with Gasteiger partial charge in [0.25, 0.3) is 5.91 Å². The van der Waals surface area contributed by atoms with Crippen molar-refractivity contribution in [3.63, 3.8) is 0 Å². The number of halogens is 1. The summed E-state index contributed by atoms with van der Waals surface area (Å²) >= 11 is 6.35. The maximum Gasteiger partial charge on any atom is 0.251 e. The van der Waals surface area contributed by atoms with Crippen LogP contribution in [0.25, 0.3) is 0 Å². The number of primary amides is 1. The lowest BCUT2D eigenvalue weighted by Crippen LogP contribution is -2.61. The average molecular weight is 445 g/mol. The van der Waals surface area contributed by atoms with Crippen LogP contribution >= 0.6 is 11.6 Å². The van der Waals surface area contributed by atoms with Crippen molar-refractivity contribution in [3.05, 3.63) is 46.5 Å². The largest absolute Gasteiger partial charge is 0.370 e. The Morgan fingerprint density at radius 1 is 1.16 bits per heavy atom. The zero-order valence-electron chi connectivity index (χ0n) is 17.6. The third-order valence-corrected chi connectivity index (χ3v) is 6.61. The van der Waals surface area contributed by atoms with Crippen LogP contribution in [-0.4, -0.2) is 58.7 Å². The predicted octanol–water partition coefficient (Wildman–Crippen LogP) is 1.99. The lowest BCUT2D eigenvalue weighted by atomic mass is 9.92. The van der Waals surface area contributed by atoms with Crippen molar-refractivity contribution >= 4 is 29.3 Å². The normalized spacial score (nSPS) is 22.6. The molecule has 4 rings (SSSR count). The number of piperazine rings is 1. The Bertz CT molecular complexity index is 899. The molecule has 7 nitrogen and oxygen atoms in total. The van der Waals surface area contributed by atoms with Gasteiger partial charge in [-0.1, -0.05) is 35.9 Å². The minimum absolute atomic E-state index is 0.0153. The molecule has 8 heteroatoms. The molecule has 2 bridgehead atoms. The van der Waals surface area contributed by atoms with Crippen LogP contribution in [0.1, 0.15) is 44.1 Å². The van der Waals surface area contributed by atoms with Crippen LogP contribution < -0.4 is 11.1 Å². The molecule has 0 radical (unpaired) electrons.